The number of benzene rings is 2. The van der Waals surface area contributed by atoms with E-state index in [2.05, 4.69) is 22.5 Å². The molecule has 1 amide bonds. The summed E-state index contributed by atoms with van der Waals surface area (Å²) in [5.74, 6) is -0.216. The van der Waals surface area contributed by atoms with Gasteiger partial charge in [0.15, 0.2) is 0 Å². The molecule has 3 aromatic rings. The van der Waals surface area contributed by atoms with Gasteiger partial charge in [-0.05, 0) is 37.6 Å². The maximum atomic E-state index is 13.0. The number of halogens is 2. The Hall–Kier alpha value is -2.86. The van der Waals surface area contributed by atoms with Crippen LogP contribution in [-0.4, -0.2) is 22.3 Å². The number of aryl methyl sites for hydroxylation is 1. The number of carbonyl (C=O) groups is 1. The molecule has 0 saturated heterocycles. The molecule has 152 valence electrons. The van der Waals surface area contributed by atoms with Gasteiger partial charge >= 0.3 is 0 Å². The van der Waals surface area contributed by atoms with Crippen molar-refractivity contribution in [2.24, 2.45) is 0 Å². The Kier molecular flexibility index (Phi) is 6.88. The minimum atomic E-state index is -0.432. The molecule has 1 aromatic heterocycles. The molecule has 7 heteroatoms. The van der Waals surface area contributed by atoms with E-state index >= 15 is 0 Å². The molecule has 1 heterocycles. The number of amides is 1. The summed E-state index contributed by atoms with van der Waals surface area (Å²) in [5.41, 5.74) is 4.11. The Bertz CT molecular complexity index is 989. The maximum absolute atomic E-state index is 13.0. The van der Waals surface area contributed by atoms with Gasteiger partial charge in [0, 0.05) is 17.8 Å². The third kappa shape index (κ3) is 5.57. The topological polar surface area (TPSA) is 56.2 Å². The molecule has 0 aliphatic heterocycles. The SMILES string of the molecule is Cc1nn(Cc2ccccc2)c(C)c1CNC(=O)CCOc1ccc(F)cc1Cl. The molecule has 3 rings (SSSR count). The van der Waals surface area contributed by atoms with Gasteiger partial charge in [0.2, 0.25) is 5.91 Å². The first-order valence-electron chi connectivity index (χ1n) is 9.35. The third-order valence-corrected chi connectivity index (χ3v) is 4.94. The molecule has 0 bridgehead atoms. The minimum Gasteiger partial charge on any atom is -0.491 e. The van der Waals surface area contributed by atoms with Crippen LogP contribution in [0.3, 0.4) is 0 Å². The highest BCUT2D eigenvalue weighted by Gasteiger charge is 2.13. The van der Waals surface area contributed by atoms with E-state index in [-0.39, 0.29) is 24.0 Å². The Morgan fingerprint density at radius 1 is 1.21 bits per heavy atom. The molecule has 5 nitrogen and oxygen atoms in total. The normalized spacial score (nSPS) is 10.8. The largest absolute Gasteiger partial charge is 0.491 e. The lowest BCUT2D eigenvalue weighted by Crippen LogP contribution is -2.25. The van der Waals surface area contributed by atoms with Crippen LogP contribution >= 0.6 is 11.6 Å². The zero-order chi connectivity index (χ0) is 20.8. The summed E-state index contributed by atoms with van der Waals surface area (Å²) >= 11 is 5.91. The molecular weight excluding hydrogens is 393 g/mol. The summed E-state index contributed by atoms with van der Waals surface area (Å²) in [5, 5.41) is 7.68. The zero-order valence-corrected chi connectivity index (χ0v) is 17.2. The second kappa shape index (κ2) is 9.56. The minimum absolute atomic E-state index is 0.141. The van der Waals surface area contributed by atoms with Crippen LogP contribution in [0.15, 0.2) is 48.5 Å². The number of nitrogens with zero attached hydrogens (tertiary/aromatic N) is 2. The predicted molar refractivity (Wildman–Crippen MR) is 111 cm³/mol. The number of hydrogen-bond acceptors (Lipinski definition) is 3. The molecule has 0 radical (unpaired) electrons. The number of ether oxygens (including phenoxy) is 1. The lowest BCUT2D eigenvalue weighted by atomic mass is 10.2. The fraction of sp³-hybridized carbons (Fsp3) is 0.273. The Morgan fingerprint density at radius 2 is 1.97 bits per heavy atom. The fourth-order valence-electron chi connectivity index (χ4n) is 3.02. The molecule has 0 fully saturated rings. The van der Waals surface area contributed by atoms with Gasteiger partial charge in [-0.1, -0.05) is 41.9 Å². The van der Waals surface area contributed by atoms with Crippen molar-refractivity contribution in [3.8, 4) is 5.75 Å². The molecule has 0 aliphatic carbocycles. The average molecular weight is 416 g/mol. The van der Waals surface area contributed by atoms with Crippen LogP contribution < -0.4 is 10.1 Å². The summed E-state index contributed by atoms with van der Waals surface area (Å²) in [4.78, 5) is 12.2. The predicted octanol–water partition coefficient (Wildman–Crippen LogP) is 4.43. The van der Waals surface area contributed by atoms with Crippen LogP contribution in [0.25, 0.3) is 0 Å². The van der Waals surface area contributed by atoms with Crippen LogP contribution in [0.2, 0.25) is 5.02 Å². The number of aromatic nitrogens is 2. The van der Waals surface area contributed by atoms with Crippen molar-refractivity contribution in [2.75, 3.05) is 6.61 Å². The van der Waals surface area contributed by atoms with E-state index in [0.29, 0.717) is 18.8 Å². The smallest absolute Gasteiger partial charge is 0.223 e. The van der Waals surface area contributed by atoms with Crippen LogP contribution in [0.4, 0.5) is 4.39 Å². The molecule has 0 unspecified atom stereocenters. The Labute approximate surface area is 174 Å². The molecule has 0 saturated carbocycles. The highest BCUT2D eigenvalue weighted by Crippen LogP contribution is 2.24. The van der Waals surface area contributed by atoms with E-state index in [1.165, 1.54) is 23.8 Å². The standard InChI is InChI=1S/C22H23ClFN3O2/c1-15-19(16(2)27(26-15)14-17-6-4-3-5-7-17)13-25-22(28)10-11-29-21-9-8-18(24)12-20(21)23/h3-9,12H,10-11,13-14H2,1-2H3,(H,25,28). The molecule has 0 spiro atoms. The van der Waals surface area contributed by atoms with Gasteiger partial charge in [0.25, 0.3) is 0 Å². The van der Waals surface area contributed by atoms with Crippen LogP contribution in [0, 0.1) is 19.7 Å². The van der Waals surface area contributed by atoms with Crippen LogP contribution in [-0.2, 0) is 17.9 Å². The summed E-state index contributed by atoms with van der Waals surface area (Å²) in [6.07, 6.45) is 0.171. The summed E-state index contributed by atoms with van der Waals surface area (Å²) in [7, 11) is 0. The number of nitrogens with one attached hydrogen (secondary N) is 1. The van der Waals surface area contributed by atoms with E-state index in [4.69, 9.17) is 16.3 Å². The first kappa shape index (κ1) is 20.9. The van der Waals surface area contributed by atoms with Crippen molar-refractivity contribution in [1.29, 1.82) is 0 Å². The van der Waals surface area contributed by atoms with Gasteiger partial charge in [-0.2, -0.15) is 5.10 Å². The van der Waals surface area contributed by atoms with Crippen LogP contribution in [0.5, 0.6) is 5.75 Å². The van der Waals surface area contributed by atoms with Crippen molar-refractivity contribution >= 4 is 17.5 Å². The number of carbonyl (C=O) groups excluding carboxylic acids is 1. The highest BCUT2D eigenvalue weighted by atomic mass is 35.5. The lowest BCUT2D eigenvalue weighted by molar-refractivity contribution is -0.121. The first-order valence-corrected chi connectivity index (χ1v) is 9.73. The molecule has 2 aromatic carbocycles. The van der Waals surface area contributed by atoms with Crippen LogP contribution in [0.1, 0.15) is 28.9 Å². The van der Waals surface area contributed by atoms with Crippen molar-refractivity contribution in [2.45, 2.75) is 33.4 Å². The van der Waals surface area contributed by atoms with Gasteiger partial charge in [0.1, 0.15) is 11.6 Å². The van der Waals surface area contributed by atoms with Gasteiger partial charge < -0.3 is 10.1 Å². The summed E-state index contributed by atoms with van der Waals surface area (Å²) in [6, 6.07) is 14.0. The Balaban J connectivity index is 1.51. The monoisotopic (exact) mass is 415 g/mol. The average Bonchev–Trinajstić information content (AvgIpc) is 2.95. The van der Waals surface area contributed by atoms with E-state index in [9.17, 15) is 9.18 Å². The van der Waals surface area contributed by atoms with E-state index < -0.39 is 5.82 Å². The van der Waals surface area contributed by atoms with Gasteiger partial charge in [-0.15, -0.1) is 0 Å². The first-order chi connectivity index (χ1) is 13.9. The van der Waals surface area contributed by atoms with Crippen molar-refractivity contribution in [3.05, 3.63) is 81.9 Å². The zero-order valence-electron chi connectivity index (χ0n) is 16.4. The fourth-order valence-corrected chi connectivity index (χ4v) is 3.24. The highest BCUT2D eigenvalue weighted by molar-refractivity contribution is 6.32. The quantitative estimate of drug-likeness (QED) is 0.592. The number of rotatable bonds is 8. The summed E-state index contributed by atoms with van der Waals surface area (Å²) < 4.78 is 20.4. The van der Waals surface area contributed by atoms with E-state index in [1.807, 2.05) is 36.7 Å². The second-order valence-electron chi connectivity index (χ2n) is 6.74. The van der Waals surface area contributed by atoms with E-state index in [0.717, 1.165) is 17.0 Å². The number of hydrogen-bond donors (Lipinski definition) is 1. The van der Waals surface area contributed by atoms with Gasteiger partial charge in [-0.3, -0.25) is 9.48 Å². The van der Waals surface area contributed by atoms with E-state index in [1.54, 1.807) is 0 Å². The van der Waals surface area contributed by atoms with Crippen molar-refractivity contribution < 1.29 is 13.9 Å². The second-order valence-corrected chi connectivity index (χ2v) is 7.15. The summed E-state index contributed by atoms with van der Waals surface area (Å²) in [6.45, 7) is 5.19. The maximum Gasteiger partial charge on any atom is 0.223 e. The Morgan fingerprint density at radius 3 is 2.69 bits per heavy atom. The van der Waals surface area contributed by atoms with Crippen molar-refractivity contribution in [3.63, 3.8) is 0 Å². The molecule has 0 aliphatic rings. The molecule has 29 heavy (non-hydrogen) atoms. The molecule has 1 N–H and O–H groups in total. The molecular formula is C22H23ClFN3O2. The van der Waals surface area contributed by atoms with Gasteiger partial charge in [-0.25, -0.2) is 4.39 Å². The van der Waals surface area contributed by atoms with Gasteiger partial charge in [0.05, 0.1) is 30.3 Å². The third-order valence-electron chi connectivity index (χ3n) is 4.65. The lowest BCUT2D eigenvalue weighted by Gasteiger charge is -2.09. The van der Waals surface area contributed by atoms with Crippen molar-refractivity contribution in [1.82, 2.24) is 15.1 Å². The molecule has 0 atom stereocenters.